The van der Waals surface area contributed by atoms with Crippen molar-refractivity contribution in [2.45, 2.75) is 13.5 Å². The normalized spacial score (nSPS) is 14.7. The molecular formula is C24H25N7O. The van der Waals surface area contributed by atoms with Crippen molar-refractivity contribution in [3.63, 3.8) is 0 Å². The lowest BCUT2D eigenvalue weighted by atomic mass is 10.2. The molecule has 0 amide bonds. The van der Waals surface area contributed by atoms with Gasteiger partial charge < -0.3 is 4.90 Å². The Morgan fingerprint density at radius 2 is 1.66 bits per heavy atom. The molecule has 1 saturated heterocycles. The lowest BCUT2D eigenvalue weighted by Gasteiger charge is -2.35. The Morgan fingerprint density at radius 3 is 2.41 bits per heavy atom. The average Bonchev–Trinajstić information content (AvgIpc) is 2.84. The van der Waals surface area contributed by atoms with Crippen LogP contribution in [0.2, 0.25) is 0 Å². The molecule has 3 aromatic heterocycles. The summed E-state index contributed by atoms with van der Waals surface area (Å²) >= 11 is 0. The van der Waals surface area contributed by atoms with Crippen LogP contribution in [0.25, 0.3) is 22.3 Å². The van der Waals surface area contributed by atoms with E-state index in [2.05, 4.69) is 19.9 Å². The van der Waals surface area contributed by atoms with Crippen molar-refractivity contribution < 1.29 is 0 Å². The number of hydrogen-bond acceptors (Lipinski definition) is 7. The van der Waals surface area contributed by atoms with Crippen LogP contribution < -0.4 is 10.5 Å². The molecule has 0 radical (unpaired) electrons. The number of rotatable bonds is 5. The van der Waals surface area contributed by atoms with E-state index in [1.54, 1.807) is 29.2 Å². The van der Waals surface area contributed by atoms with Crippen LogP contribution in [0.4, 0.5) is 5.82 Å². The molecule has 0 N–H and O–H groups in total. The maximum Gasteiger partial charge on any atom is 0.266 e. The summed E-state index contributed by atoms with van der Waals surface area (Å²) in [4.78, 5) is 30.7. The van der Waals surface area contributed by atoms with Crippen LogP contribution in [-0.4, -0.2) is 62.4 Å². The lowest BCUT2D eigenvalue weighted by Crippen LogP contribution is -2.48. The molecule has 4 heterocycles. The van der Waals surface area contributed by atoms with Crippen LogP contribution in [0, 0.1) is 6.92 Å². The smallest absolute Gasteiger partial charge is 0.266 e. The number of aryl methyl sites for hydroxylation is 1. The van der Waals surface area contributed by atoms with Crippen molar-refractivity contribution in [2.24, 2.45) is 0 Å². The lowest BCUT2D eigenvalue weighted by molar-refractivity contribution is 0.242. The Labute approximate surface area is 186 Å². The summed E-state index contributed by atoms with van der Waals surface area (Å²) in [5.74, 6) is 0.963. The van der Waals surface area contributed by atoms with Gasteiger partial charge >= 0.3 is 0 Å². The summed E-state index contributed by atoms with van der Waals surface area (Å²) in [6, 6.07) is 15.1. The molecule has 0 unspecified atom stereocenters. The first-order valence-electron chi connectivity index (χ1n) is 10.9. The van der Waals surface area contributed by atoms with E-state index in [1.807, 2.05) is 43.3 Å². The monoisotopic (exact) mass is 427 g/mol. The fraction of sp³-hybridized carbons (Fsp3) is 0.292. The zero-order chi connectivity index (χ0) is 21.9. The van der Waals surface area contributed by atoms with Crippen molar-refractivity contribution in [1.29, 1.82) is 0 Å². The number of benzene rings is 1. The second-order valence-corrected chi connectivity index (χ2v) is 7.97. The standard InChI is InChI=1S/C24H25N7O/c1-18-24(27-22-7-3-2-6-21(22)26-18)30-14-11-29(12-15-30)13-16-31-23(32)9-8-20(28-31)19-5-4-10-25-17-19/h2-10,17H,11-16H2,1H3. The van der Waals surface area contributed by atoms with Gasteiger partial charge in [-0.05, 0) is 37.3 Å². The van der Waals surface area contributed by atoms with E-state index in [9.17, 15) is 4.79 Å². The zero-order valence-electron chi connectivity index (χ0n) is 18.1. The highest BCUT2D eigenvalue weighted by Gasteiger charge is 2.20. The Bertz CT molecular complexity index is 1280. The van der Waals surface area contributed by atoms with Crippen molar-refractivity contribution >= 4 is 16.9 Å². The van der Waals surface area contributed by atoms with Crippen LogP contribution in [0.15, 0.2) is 65.7 Å². The molecule has 0 atom stereocenters. The van der Waals surface area contributed by atoms with E-state index < -0.39 is 0 Å². The molecule has 0 saturated carbocycles. The Morgan fingerprint density at radius 1 is 0.875 bits per heavy atom. The molecule has 1 aliphatic rings. The zero-order valence-corrected chi connectivity index (χ0v) is 18.1. The summed E-state index contributed by atoms with van der Waals surface area (Å²) in [6.07, 6.45) is 3.48. The molecule has 4 aromatic rings. The Hall–Kier alpha value is -3.65. The topological polar surface area (TPSA) is 80.0 Å². The fourth-order valence-electron chi connectivity index (χ4n) is 4.08. The van der Waals surface area contributed by atoms with Crippen LogP contribution >= 0.6 is 0 Å². The Balaban J connectivity index is 1.23. The van der Waals surface area contributed by atoms with Crippen molar-refractivity contribution in [3.8, 4) is 11.3 Å². The minimum atomic E-state index is -0.0849. The van der Waals surface area contributed by atoms with Crippen LogP contribution in [0.3, 0.4) is 0 Å². The number of nitrogens with zero attached hydrogens (tertiary/aromatic N) is 7. The minimum Gasteiger partial charge on any atom is -0.353 e. The first-order valence-corrected chi connectivity index (χ1v) is 10.9. The summed E-state index contributed by atoms with van der Waals surface area (Å²) in [6.45, 7) is 6.93. The predicted molar refractivity (Wildman–Crippen MR) is 125 cm³/mol. The van der Waals surface area contributed by atoms with Crippen molar-refractivity contribution in [3.05, 3.63) is 77.0 Å². The van der Waals surface area contributed by atoms with Gasteiger partial charge in [0.1, 0.15) is 0 Å². The molecule has 8 nitrogen and oxygen atoms in total. The molecule has 8 heteroatoms. The van der Waals surface area contributed by atoms with Gasteiger partial charge in [-0.1, -0.05) is 12.1 Å². The summed E-state index contributed by atoms with van der Waals surface area (Å²) in [5, 5.41) is 4.54. The molecule has 0 spiro atoms. The number of anilines is 1. The molecule has 0 bridgehead atoms. The summed E-state index contributed by atoms with van der Waals surface area (Å²) in [7, 11) is 0. The number of para-hydroxylation sites is 2. The highest BCUT2D eigenvalue weighted by Crippen LogP contribution is 2.21. The summed E-state index contributed by atoms with van der Waals surface area (Å²) in [5.41, 5.74) is 4.39. The molecule has 162 valence electrons. The SMILES string of the molecule is Cc1nc2ccccc2nc1N1CCN(CCn2nc(-c3cccnc3)ccc2=O)CC1. The molecule has 1 aliphatic heterocycles. The molecule has 1 aromatic carbocycles. The fourth-order valence-corrected chi connectivity index (χ4v) is 4.08. The summed E-state index contributed by atoms with van der Waals surface area (Å²) < 4.78 is 1.55. The van der Waals surface area contributed by atoms with Gasteiger partial charge in [0.2, 0.25) is 0 Å². The van der Waals surface area contributed by atoms with Gasteiger partial charge in [0.25, 0.3) is 5.56 Å². The van der Waals surface area contributed by atoms with Crippen molar-refractivity contribution in [1.82, 2.24) is 29.6 Å². The van der Waals surface area contributed by atoms with Gasteiger partial charge in [-0.3, -0.25) is 14.7 Å². The second kappa shape index (κ2) is 8.84. The van der Waals surface area contributed by atoms with E-state index in [0.717, 1.165) is 66.5 Å². The van der Waals surface area contributed by atoms with Crippen LogP contribution in [-0.2, 0) is 6.54 Å². The predicted octanol–water partition coefficient (Wildman–Crippen LogP) is 2.38. The number of aromatic nitrogens is 5. The van der Waals surface area contributed by atoms with Gasteiger partial charge in [0.05, 0.1) is 29.0 Å². The van der Waals surface area contributed by atoms with Crippen LogP contribution in [0.5, 0.6) is 0 Å². The minimum absolute atomic E-state index is 0.0849. The maximum absolute atomic E-state index is 12.3. The maximum atomic E-state index is 12.3. The second-order valence-electron chi connectivity index (χ2n) is 7.97. The van der Waals surface area contributed by atoms with Gasteiger partial charge in [0, 0.05) is 56.7 Å². The number of fused-ring (bicyclic) bond motifs is 1. The van der Waals surface area contributed by atoms with Gasteiger partial charge in [-0.15, -0.1) is 0 Å². The van der Waals surface area contributed by atoms with E-state index in [4.69, 9.17) is 9.97 Å². The third-order valence-corrected chi connectivity index (χ3v) is 5.84. The molecule has 32 heavy (non-hydrogen) atoms. The third-order valence-electron chi connectivity index (χ3n) is 5.84. The van der Waals surface area contributed by atoms with Gasteiger partial charge in [-0.25, -0.2) is 14.6 Å². The highest BCUT2D eigenvalue weighted by molar-refractivity contribution is 5.76. The quantitative estimate of drug-likeness (QED) is 0.484. The number of piperazine rings is 1. The largest absolute Gasteiger partial charge is 0.353 e. The highest BCUT2D eigenvalue weighted by atomic mass is 16.1. The molecule has 5 rings (SSSR count). The first-order chi connectivity index (χ1) is 15.7. The molecule has 1 fully saturated rings. The number of hydrogen-bond donors (Lipinski definition) is 0. The van der Waals surface area contributed by atoms with E-state index in [-0.39, 0.29) is 5.56 Å². The molecular weight excluding hydrogens is 402 g/mol. The van der Waals surface area contributed by atoms with Crippen molar-refractivity contribution in [2.75, 3.05) is 37.6 Å². The number of pyridine rings is 1. The van der Waals surface area contributed by atoms with Crippen LogP contribution in [0.1, 0.15) is 5.69 Å². The molecule has 0 aliphatic carbocycles. The van der Waals surface area contributed by atoms with E-state index >= 15 is 0 Å². The van der Waals surface area contributed by atoms with Gasteiger partial charge in [0.15, 0.2) is 5.82 Å². The third kappa shape index (κ3) is 4.22. The Kier molecular flexibility index (Phi) is 5.60. The average molecular weight is 428 g/mol. The first kappa shape index (κ1) is 20.3. The van der Waals surface area contributed by atoms with Gasteiger partial charge in [-0.2, -0.15) is 5.10 Å². The van der Waals surface area contributed by atoms with E-state index in [1.165, 1.54) is 0 Å². The van der Waals surface area contributed by atoms with E-state index in [0.29, 0.717) is 6.54 Å².